The van der Waals surface area contributed by atoms with Gasteiger partial charge in [-0.25, -0.2) is 0 Å². The van der Waals surface area contributed by atoms with Crippen molar-refractivity contribution in [2.45, 2.75) is 26.4 Å². The summed E-state index contributed by atoms with van der Waals surface area (Å²) in [4.78, 5) is 3.96. The van der Waals surface area contributed by atoms with Gasteiger partial charge < -0.3 is 0 Å². The average Bonchev–Trinajstić information content (AvgIpc) is 2.29. The minimum Gasteiger partial charge on any atom is -0.264 e. The summed E-state index contributed by atoms with van der Waals surface area (Å²) in [5, 5.41) is 0. The predicted octanol–water partition coefficient (Wildman–Crippen LogP) is 1.10. The Morgan fingerprint density at radius 1 is 1.35 bits per heavy atom. The van der Waals surface area contributed by atoms with Gasteiger partial charge in [0.25, 0.3) is 10.2 Å². The van der Waals surface area contributed by atoms with Gasteiger partial charge in [-0.3, -0.25) is 4.98 Å². The topological polar surface area (TPSA) is 53.5 Å². The van der Waals surface area contributed by atoms with Crippen LogP contribution in [0.4, 0.5) is 0 Å². The molecule has 0 atom stereocenters. The van der Waals surface area contributed by atoms with E-state index in [1.165, 1.54) is 8.61 Å². The highest BCUT2D eigenvalue weighted by Gasteiger charge is 2.25. The van der Waals surface area contributed by atoms with Crippen LogP contribution in [0.15, 0.2) is 24.5 Å². The van der Waals surface area contributed by atoms with Crippen LogP contribution >= 0.6 is 0 Å². The van der Waals surface area contributed by atoms with Crippen molar-refractivity contribution in [1.82, 2.24) is 13.6 Å². The van der Waals surface area contributed by atoms with Crippen LogP contribution < -0.4 is 0 Å². The van der Waals surface area contributed by atoms with Crippen molar-refractivity contribution in [3.8, 4) is 0 Å². The van der Waals surface area contributed by atoms with E-state index in [-0.39, 0.29) is 6.04 Å². The van der Waals surface area contributed by atoms with Crippen molar-refractivity contribution < 1.29 is 8.42 Å². The van der Waals surface area contributed by atoms with Gasteiger partial charge in [0.05, 0.1) is 0 Å². The highest BCUT2D eigenvalue weighted by molar-refractivity contribution is 7.86. The van der Waals surface area contributed by atoms with E-state index in [0.29, 0.717) is 6.54 Å². The van der Waals surface area contributed by atoms with Crippen molar-refractivity contribution in [3.05, 3.63) is 30.1 Å². The summed E-state index contributed by atoms with van der Waals surface area (Å²) in [6, 6.07) is 3.59. The first-order valence-electron chi connectivity index (χ1n) is 5.44. The summed E-state index contributed by atoms with van der Waals surface area (Å²) < 4.78 is 26.9. The molecule has 0 N–H and O–H groups in total. The zero-order valence-electron chi connectivity index (χ0n) is 10.7. The monoisotopic (exact) mass is 257 g/mol. The fraction of sp³-hybridized carbons (Fsp3) is 0.545. The molecule has 1 aromatic heterocycles. The van der Waals surface area contributed by atoms with Crippen LogP contribution in [-0.4, -0.2) is 42.1 Å². The summed E-state index contributed by atoms with van der Waals surface area (Å²) in [6.45, 7) is 4.01. The van der Waals surface area contributed by atoms with Gasteiger partial charge in [-0.05, 0) is 25.5 Å². The summed E-state index contributed by atoms with van der Waals surface area (Å²) in [5.74, 6) is 0. The van der Waals surface area contributed by atoms with Crippen molar-refractivity contribution >= 4 is 10.2 Å². The molecule has 96 valence electrons. The van der Waals surface area contributed by atoms with Crippen LogP contribution in [0, 0.1) is 0 Å². The zero-order valence-corrected chi connectivity index (χ0v) is 11.5. The first kappa shape index (κ1) is 14.1. The molecule has 0 amide bonds. The molecule has 0 fully saturated rings. The summed E-state index contributed by atoms with van der Waals surface area (Å²) in [6.07, 6.45) is 3.33. The molecule has 0 aromatic carbocycles. The van der Waals surface area contributed by atoms with Crippen molar-refractivity contribution in [2.75, 3.05) is 14.1 Å². The van der Waals surface area contributed by atoms with Crippen molar-refractivity contribution in [2.24, 2.45) is 0 Å². The Hall–Kier alpha value is -0.980. The second-order valence-corrected chi connectivity index (χ2v) is 6.33. The molecule has 0 unspecified atom stereocenters. The van der Waals surface area contributed by atoms with E-state index in [2.05, 4.69) is 4.98 Å². The van der Waals surface area contributed by atoms with Crippen LogP contribution in [0.1, 0.15) is 19.4 Å². The maximum Gasteiger partial charge on any atom is 0.282 e. The van der Waals surface area contributed by atoms with Crippen LogP contribution in [0.3, 0.4) is 0 Å². The van der Waals surface area contributed by atoms with E-state index in [4.69, 9.17) is 0 Å². The van der Waals surface area contributed by atoms with Gasteiger partial charge >= 0.3 is 0 Å². The predicted molar refractivity (Wildman–Crippen MR) is 67.5 cm³/mol. The Kier molecular flexibility index (Phi) is 4.62. The van der Waals surface area contributed by atoms with E-state index < -0.39 is 10.2 Å². The van der Waals surface area contributed by atoms with Crippen LogP contribution in [0.2, 0.25) is 0 Å². The quantitative estimate of drug-likeness (QED) is 0.793. The SMILES string of the molecule is CC(C)N(C)S(=O)(=O)N(C)Cc1cccnc1. The number of hydrogen-bond acceptors (Lipinski definition) is 3. The number of nitrogens with zero attached hydrogens (tertiary/aromatic N) is 3. The molecule has 0 bridgehead atoms. The van der Waals surface area contributed by atoms with Gasteiger partial charge in [-0.15, -0.1) is 0 Å². The lowest BCUT2D eigenvalue weighted by molar-refractivity contribution is 0.355. The third-order valence-corrected chi connectivity index (χ3v) is 4.68. The van der Waals surface area contributed by atoms with Gasteiger partial charge in [0.1, 0.15) is 0 Å². The zero-order chi connectivity index (χ0) is 13.1. The highest BCUT2D eigenvalue weighted by atomic mass is 32.2. The van der Waals surface area contributed by atoms with E-state index >= 15 is 0 Å². The smallest absolute Gasteiger partial charge is 0.264 e. The summed E-state index contributed by atoms with van der Waals surface area (Å²) in [5.41, 5.74) is 0.871. The number of rotatable bonds is 5. The number of aromatic nitrogens is 1. The molecule has 0 aliphatic heterocycles. The number of hydrogen-bond donors (Lipinski definition) is 0. The average molecular weight is 257 g/mol. The molecule has 0 radical (unpaired) electrons. The molecule has 5 nitrogen and oxygen atoms in total. The molecule has 1 aromatic rings. The fourth-order valence-corrected chi connectivity index (χ4v) is 2.60. The summed E-state index contributed by atoms with van der Waals surface area (Å²) >= 11 is 0. The first-order chi connectivity index (χ1) is 7.85. The van der Waals surface area contributed by atoms with Crippen LogP contribution in [0.5, 0.6) is 0 Å². The molecule has 1 heterocycles. The second-order valence-electron chi connectivity index (χ2n) is 4.24. The Labute approximate surface area is 103 Å². The maximum absolute atomic E-state index is 12.1. The molecule has 0 aliphatic carbocycles. The minimum absolute atomic E-state index is 0.0589. The Morgan fingerprint density at radius 2 is 2.00 bits per heavy atom. The molecular formula is C11H19N3O2S. The van der Waals surface area contributed by atoms with Crippen molar-refractivity contribution in [3.63, 3.8) is 0 Å². The minimum atomic E-state index is -3.40. The van der Waals surface area contributed by atoms with E-state index in [1.807, 2.05) is 19.9 Å². The van der Waals surface area contributed by atoms with Gasteiger partial charge in [0.2, 0.25) is 0 Å². The second kappa shape index (κ2) is 5.57. The number of pyridine rings is 1. The lowest BCUT2D eigenvalue weighted by atomic mass is 10.3. The Balaban J connectivity index is 2.80. The van der Waals surface area contributed by atoms with E-state index in [9.17, 15) is 8.42 Å². The normalized spacial score (nSPS) is 12.6. The molecule has 0 saturated heterocycles. The Bertz CT molecular complexity index is 445. The van der Waals surface area contributed by atoms with Gasteiger partial charge in [0.15, 0.2) is 0 Å². The molecule has 6 heteroatoms. The highest BCUT2D eigenvalue weighted by Crippen LogP contribution is 2.11. The lowest BCUT2D eigenvalue weighted by Crippen LogP contribution is -2.42. The fourth-order valence-electron chi connectivity index (χ4n) is 1.32. The van der Waals surface area contributed by atoms with Gasteiger partial charge in [-0.2, -0.15) is 17.0 Å². The van der Waals surface area contributed by atoms with E-state index in [1.54, 1.807) is 32.6 Å². The molecule has 0 saturated carbocycles. The Morgan fingerprint density at radius 3 is 2.47 bits per heavy atom. The first-order valence-corrected chi connectivity index (χ1v) is 6.83. The van der Waals surface area contributed by atoms with Gasteiger partial charge in [-0.1, -0.05) is 6.07 Å². The molecule has 17 heavy (non-hydrogen) atoms. The third-order valence-electron chi connectivity index (χ3n) is 2.61. The molecule has 1 rings (SSSR count). The standard InChI is InChI=1S/C11H19N3O2S/c1-10(2)14(4)17(15,16)13(3)9-11-6-5-7-12-8-11/h5-8,10H,9H2,1-4H3. The summed E-state index contributed by atoms with van der Waals surface area (Å²) in [7, 11) is -0.244. The van der Waals surface area contributed by atoms with Crippen LogP contribution in [0.25, 0.3) is 0 Å². The maximum atomic E-state index is 12.1. The molecule has 0 spiro atoms. The molecule has 0 aliphatic rings. The largest absolute Gasteiger partial charge is 0.282 e. The van der Waals surface area contributed by atoms with Crippen molar-refractivity contribution in [1.29, 1.82) is 0 Å². The van der Waals surface area contributed by atoms with Crippen LogP contribution in [-0.2, 0) is 16.8 Å². The lowest BCUT2D eigenvalue weighted by Gasteiger charge is -2.26. The third kappa shape index (κ3) is 3.49. The van der Waals surface area contributed by atoms with Gasteiger partial charge in [0, 0.05) is 39.1 Å². The molecular weight excluding hydrogens is 238 g/mol. The van der Waals surface area contributed by atoms with E-state index in [0.717, 1.165) is 5.56 Å².